The van der Waals surface area contributed by atoms with E-state index in [1.807, 2.05) is 6.92 Å². The molecule has 0 amide bonds. The highest BCUT2D eigenvalue weighted by Gasteiger charge is 2.41. The van der Waals surface area contributed by atoms with Gasteiger partial charge in [0.15, 0.2) is 0 Å². The van der Waals surface area contributed by atoms with E-state index in [1.54, 1.807) is 23.7 Å². The lowest BCUT2D eigenvalue weighted by Gasteiger charge is -2.21. The van der Waals surface area contributed by atoms with Gasteiger partial charge in [0.1, 0.15) is 11.8 Å². The number of pyridine rings is 1. The summed E-state index contributed by atoms with van der Waals surface area (Å²) in [5.41, 5.74) is 1.83. The van der Waals surface area contributed by atoms with Crippen LogP contribution in [0.5, 0.6) is 11.6 Å². The maximum absolute atomic E-state index is 13.5. The third-order valence-corrected chi connectivity index (χ3v) is 4.14. The molecule has 0 bridgehead atoms. The first-order chi connectivity index (χ1) is 13.3. The Balaban J connectivity index is 2.19. The number of aromatic nitrogens is 4. The van der Waals surface area contributed by atoms with Crippen LogP contribution in [0.2, 0.25) is 0 Å². The van der Waals surface area contributed by atoms with Gasteiger partial charge in [-0.25, -0.2) is 9.97 Å². The molecule has 0 aliphatic carbocycles. The fourth-order valence-corrected chi connectivity index (χ4v) is 2.93. The number of imidazole rings is 1. The predicted molar refractivity (Wildman–Crippen MR) is 96.5 cm³/mol. The van der Waals surface area contributed by atoms with E-state index in [9.17, 15) is 13.2 Å². The van der Waals surface area contributed by atoms with Crippen LogP contribution in [-0.4, -0.2) is 46.3 Å². The molecule has 1 unspecified atom stereocenters. The van der Waals surface area contributed by atoms with E-state index in [0.717, 1.165) is 5.69 Å². The Morgan fingerprint density at radius 2 is 1.93 bits per heavy atom. The molecule has 0 saturated heterocycles. The number of nitrogens with zero attached hydrogens (tertiary/aromatic N) is 4. The Morgan fingerprint density at radius 3 is 2.54 bits per heavy atom. The number of methoxy groups -OCH3 is 2. The molecule has 3 aromatic rings. The average Bonchev–Trinajstić information content (AvgIpc) is 3.04. The minimum absolute atomic E-state index is 0.138. The van der Waals surface area contributed by atoms with Crippen molar-refractivity contribution in [3.05, 3.63) is 36.0 Å². The van der Waals surface area contributed by atoms with Crippen LogP contribution in [0.25, 0.3) is 16.9 Å². The van der Waals surface area contributed by atoms with Crippen molar-refractivity contribution in [3.8, 4) is 22.9 Å². The van der Waals surface area contributed by atoms with Gasteiger partial charge in [-0.3, -0.25) is 4.98 Å². The molecular formula is C18H20F3N5O2. The molecule has 0 fully saturated rings. The van der Waals surface area contributed by atoms with Crippen molar-refractivity contribution in [1.29, 1.82) is 0 Å². The fraction of sp³-hybridized carbons (Fsp3) is 0.389. The molecule has 0 radical (unpaired) electrons. The lowest BCUT2D eigenvalue weighted by atomic mass is 10.1. The quantitative estimate of drug-likeness (QED) is 0.690. The van der Waals surface area contributed by atoms with Crippen molar-refractivity contribution >= 4 is 5.65 Å². The van der Waals surface area contributed by atoms with Gasteiger partial charge >= 0.3 is 6.18 Å². The van der Waals surface area contributed by atoms with Crippen LogP contribution in [0.3, 0.4) is 0 Å². The normalized spacial score (nSPS) is 13.0. The van der Waals surface area contributed by atoms with Gasteiger partial charge in [-0.05, 0) is 19.5 Å². The summed E-state index contributed by atoms with van der Waals surface area (Å²) in [4.78, 5) is 12.7. The van der Waals surface area contributed by atoms with E-state index < -0.39 is 12.2 Å². The minimum atomic E-state index is -4.49. The molecule has 1 atom stereocenters. The van der Waals surface area contributed by atoms with Gasteiger partial charge in [0, 0.05) is 18.0 Å². The predicted octanol–water partition coefficient (Wildman–Crippen LogP) is 3.33. The van der Waals surface area contributed by atoms with Crippen LogP contribution in [0.4, 0.5) is 13.2 Å². The zero-order chi connectivity index (χ0) is 20.5. The summed E-state index contributed by atoms with van der Waals surface area (Å²) in [5, 5.41) is 2.42. The number of fused-ring (bicyclic) bond motifs is 1. The zero-order valence-electron chi connectivity index (χ0n) is 15.8. The summed E-state index contributed by atoms with van der Waals surface area (Å²) in [6.07, 6.45) is 0.202. The van der Waals surface area contributed by atoms with Crippen molar-refractivity contribution in [3.63, 3.8) is 0 Å². The second-order valence-corrected chi connectivity index (χ2v) is 6.09. The Morgan fingerprint density at radius 1 is 1.18 bits per heavy atom. The summed E-state index contributed by atoms with van der Waals surface area (Å²) in [7, 11) is 2.87. The number of hydrogen-bond acceptors (Lipinski definition) is 6. The number of ether oxygens (including phenoxy) is 2. The van der Waals surface area contributed by atoms with E-state index in [4.69, 9.17) is 9.47 Å². The van der Waals surface area contributed by atoms with Crippen molar-refractivity contribution in [1.82, 2.24) is 24.7 Å². The average molecular weight is 395 g/mol. The van der Waals surface area contributed by atoms with E-state index in [-0.39, 0.29) is 18.1 Å². The smallest absolute Gasteiger partial charge is 0.409 e. The van der Waals surface area contributed by atoms with Crippen LogP contribution >= 0.6 is 0 Å². The van der Waals surface area contributed by atoms with Crippen molar-refractivity contribution in [2.45, 2.75) is 26.1 Å². The molecule has 0 aromatic carbocycles. The molecule has 0 aliphatic rings. The first-order valence-corrected chi connectivity index (χ1v) is 8.53. The topological polar surface area (TPSA) is 73.6 Å². The SMILES string of the molecule is CCNC(c1cc(-c2cn3cc(C)nc3c(OC)n2)c(OC)cn1)C(F)(F)F. The third-order valence-electron chi connectivity index (χ3n) is 4.14. The standard InChI is InChI=1S/C18H20F3N5O2/c1-5-22-15(18(19,20)21)12-6-11(14(27-3)7-23-12)13-9-26-8-10(2)24-16(26)17(25-13)28-4/h6-9,15,22H,5H2,1-4H3. The molecule has 7 nitrogen and oxygen atoms in total. The monoisotopic (exact) mass is 395 g/mol. The number of aryl methyl sites for hydroxylation is 1. The molecular weight excluding hydrogens is 375 g/mol. The Bertz CT molecular complexity index is 987. The maximum Gasteiger partial charge on any atom is 0.409 e. The van der Waals surface area contributed by atoms with Crippen LogP contribution in [0, 0.1) is 6.92 Å². The molecule has 28 heavy (non-hydrogen) atoms. The van der Waals surface area contributed by atoms with Gasteiger partial charge in [0.05, 0.1) is 37.5 Å². The molecule has 3 heterocycles. The van der Waals surface area contributed by atoms with Crippen molar-refractivity contribution < 1.29 is 22.6 Å². The van der Waals surface area contributed by atoms with Gasteiger partial charge in [0.25, 0.3) is 5.88 Å². The highest BCUT2D eigenvalue weighted by Crippen LogP contribution is 2.36. The number of nitrogens with one attached hydrogen (secondary N) is 1. The van der Waals surface area contributed by atoms with Crippen LogP contribution in [0.15, 0.2) is 24.7 Å². The lowest BCUT2D eigenvalue weighted by Crippen LogP contribution is -2.34. The molecule has 0 saturated carbocycles. The second kappa shape index (κ2) is 7.63. The Labute approximate surface area is 159 Å². The Hall–Kier alpha value is -2.88. The maximum atomic E-state index is 13.5. The third kappa shape index (κ3) is 3.72. The number of hydrogen-bond donors (Lipinski definition) is 1. The Kier molecular flexibility index (Phi) is 5.41. The number of alkyl halides is 3. The van der Waals surface area contributed by atoms with Crippen LogP contribution in [0.1, 0.15) is 24.4 Å². The summed E-state index contributed by atoms with van der Waals surface area (Å²) < 4.78 is 52.7. The minimum Gasteiger partial charge on any atom is -0.494 e. The van der Waals surface area contributed by atoms with Gasteiger partial charge in [-0.15, -0.1) is 0 Å². The highest BCUT2D eigenvalue weighted by molar-refractivity contribution is 5.69. The molecule has 3 aromatic heterocycles. The molecule has 10 heteroatoms. The largest absolute Gasteiger partial charge is 0.494 e. The molecule has 1 N–H and O–H groups in total. The summed E-state index contributed by atoms with van der Waals surface area (Å²) in [6.45, 7) is 3.56. The summed E-state index contributed by atoms with van der Waals surface area (Å²) in [6, 6.07) is -0.569. The molecule has 0 aliphatic heterocycles. The number of rotatable bonds is 6. The molecule has 3 rings (SSSR count). The first kappa shape index (κ1) is 19.9. The zero-order valence-corrected chi connectivity index (χ0v) is 15.8. The van der Waals surface area contributed by atoms with E-state index in [1.165, 1.54) is 26.5 Å². The van der Waals surface area contributed by atoms with Gasteiger partial charge in [-0.2, -0.15) is 13.2 Å². The summed E-state index contributed by atoms with van der Waals surface area (Å²) in [5.74, 6) is 0.553. The number of halogens is 3. The summed E-state index contributed by atoms with van der Waals surface area (Å²) >= 11 is 0. The van der Waals surface area contributed by atoms with E-state index >= 15 is 0 Å². The molecule has 150 valence electrons. The van der Waals surface area contributed by atoms with Crippen LogP contribution in [-0.2, 0) is 0 Å². The first-order valence-electron chi connectivity index (χ1n) is 8.53. The molecule has 0 spiro atoms. The van der Waals surface area contributed by atoms with Crippen molar-refractivity contribution in [2.24, 2.45) is 0 Å². The van der Waals surface area contributed by atoms with E-state index in [0.29, 0.717) is 22.7 Å². The van der Waals surface area contributed by atoms with Gasteiger partial charge in [0.2, 0.25) is 5.65 Å². The second-order valence-electron chi connectivity index (χ2n) is 6.09. The lowest BCUT2D eigenvalue weighted by molar-refractivity contribution is -0.158. The van der Waals surface area contributed by atoms with Crippen LogP contribution < -0.4 is 14.8 Å². The highest BCUT2D eigenvalue weighted by atomic mass is 19.4. The van der Waals surface area contributed by atoms with E-state index in [2.05, 4.69) is 20.3 Å². The van der Waals surface area contributed by atoms with Gasteiger partial charge in [-0.1, -0.05) is 6.92 Å². The van der Waals surface area contributed by atoms with Gasteiger partial charge < -0.3 is 19.2 Å². The van der Waals surface area contributed by atoms with Crippen molar-refractivity contribution in [2.75, 3.05) is 20.8 Å². The fourth-order valence-electron chi connectivity index (χ4n) is 2.93.